The molecule has 2 nitrogen and oxygen atoms in total. The number of azo groups is 1. The lowest BCUT2D eigenvalue weighted by molar-refractivity contribution is 0.466. The smallest absolute Gasteiger partial charge is 0.146 e. The molecule has 1 aliphatic heterocycles. The minimum atomic E-state index is -0.167. The van der Waals surface area contributed by atoms with Gasteiger partial charge >= 0.3 is 0 Å². The second kappa shape index (κ2) is 1.82. The van der Waals surface area contributed by atoms with Gasteiger partial charge in [0, 0.05) is 5.92 Å². The van der Waals surface area contributed by atoms with E-state index in [1.165, 1.54) is 12.8 Å². The molecule has 0 amide bonds. The lowest BCUT2D eigenvalue weighted by atomic mass is 9.90. The van der Waals surface area contributed by atoms with E-state index in [-0.39, 0.29) is 5.54 Å². The summed E-state index contributed by atoms with van der Waals surface area (Å²) in [4.78, 5) is 0. The summed E-state index contributed by atoms with van der Waals surface area (Å²) >= 11 is 0. The molecule has 0 aromatic carbocycles. The zero-order valence-electron chi connectivity index (χ0n) is 5.88. The van der Waals surface area contributed by atoms with Gasteiger partial charge in [0.25, 0.3) is 0 Å². The predicted octanol–water partition coefficient (Wildman–Crippen LogP) is 1.62. The Labute approximate surface area is 60.7 Å². The highest BCUT2D eigenvalue weighted by Crippen LogP contribution is 2.42. The van der Waals surface area contributed by atoms with Crippen LogP contribution in [-0.4, -0.2) is 12.1 Å². The summed E-state index contributed by atoms with van der Waals surface area (Å²) in [6.45, 7) is 0.865. The van der Waals surface area contributed by atoms with E-state index in [4.69, 9.17) is 6.42 Å². The van der Waals surface area contributed by atoms with Crippen molar-refractivity contribution in [2.24, 2.45) is 16.1 Å². The molecule has 10 heavy (non-hydrogen) atoms. The van der Waals surface area contributed by atoms with E-state index in [0.717, 1.165) is 13.0 Å². The summed E-state index contributed by atoms with van der Waals surface area (Å²) < 4.78 is 0. The fraction of sp³-hybridized carbons (Fsp3) is 0.750. The SMILES string of the molecule is C#CC12CCCC1CN=N2. The molecule has 0 N–H and O–H groups in total. The third-order valence-electron chi connectivity index (χ3n) is 2.59. The van der Waals surface area contributed by atoms with E-state index in [9.17, 15) is 0 Å². The van der Waals surface area contributed by atoms with Crippen LogP contribution < -0.4 is 0 Å². The molecule has 1 heterocycles. The molecule has 0 spiro atoms. The lowest BCUT2D eigenvalue weighted by Crippen LogP contribution is -2.25. The molecule has 2 heteroatoms. The highest BCUT2D eigenvalue weighted by Gasteiger charge is 2.44. The van der Waals surface area contributed by atoms with Crippen LogP contribution in [0.4, 0.5) is 0 Å². The molecule has 0 aromatic rings. The van der Waals surface area contributed by atoms with Crippen molar-refractivity contribution < 1.29 is 0 Å². The highest BCUT2D eigenvalue weighted by atomic mass is 15.2. The maximum Gasteiger partial charge on any atom is 0.146 e. The summed E-state index contributed by atoms with van der Waals surface area (Å²) in [7, 11) is 0. The highest BCUT2D eigenvalue weighted by molar-refractivity contribution is 5.20. The van der Waals surface area contributed by atoms with E-state index in [1.807, 2.05) is 0 Å². The average molecular weight is 134 g/mol. The molecule has 0 bridgehead atoms. The summed E-state index contributed by atoms with van der Waals surface area (Å²) in [5.74, 6) is 3.35. The van der Waals surface area contributed by atoms with Crippen LogP contribution in [-0.2, 0) is 0 Å². The van der Waals surface area contributed by atoms with Gasteiger partial charge in [0.2, 0.25) is 0 Å². The quantitative estimate of drug-likeness (QED) is 0.450. The number of hydrogen-bond acceptors (Lipinski definition) is 2. The normalized spacial score (nSPS) is 43.3. The molecule has 52 valence electrons. The predicted molar refractivity (Wildman–Crippen MR) is 38.6 cm³/mol. The molecule has 2 rings (SSSR count). The number of hydrogen-bond donors (Lipinski definition) is 0. The van der Waals surface area contributed by atoms with Crippen LogP contribution in [0.2, 0.25) is 0 Å². The van der Waals surface area contributed by atoms with Crippen molar-refractivity contribution in [1.29, 1.82) is 0 Å². The van der Waals surface area contributed by atoms with Gasteiger partial charge in [-0.05, 0) is 19.3 Å². The summed E-state index contributed by atoms with van der Waals surface area (Å²) in [6.07, 6.45) is 8.91. The third-order valence-corrected chi connectivity index (χ3v) is 2.59. The molecular weight excluding hydrogens is 124 g/mol. The van der Waals surface area contributed by atoms with E-state index in [0.29, 0.717) is 5.92 Å². The van der Waals surface area contributed by atoms with E-state index >= 15 is 0 Å². The van der Waals surface area contributed by atoms with Gasteiger partial charge in [-0.15, -0.1) is 6.42 Å². The first-order valence-corrected chi connectivity index (χ1v) is 3.74. The molecule has 0 radical (unpaired) electrons. The van der Waals surface area contributed by atoms with Crippen LogP contribution in [0.3, 0.4) is 0 Å². The van der Waals surface area contributed by atoms with Crippen LogP contribution in [0, 0.1) is 18.3 Å². The van der Waals surface area contributed by atoms with Gasteiger partial charge in [-0.1, -0.05) is 5.92 Å². The molecule has 0 saturated heterocycles. The van der Waals surface area contributed by atoms with Crippen LogP contribution in [0.15, 0.2) is 10.2 Å². The van der Waals surface area contributed by atoms with Crippen LogP contribution in [0.25, 0.3) is 0 Å². The van der Waals surface area contributed by atoms with E-state index in [2.05, 4.69) is 16.1 Å². The first kappa shape index (κ1) is 5.91. The van der Waals surface area contributed by atoms with Crippen LogP contribution in [0.1, 0.15) is 19.3 Å². The van der Waals surface area contributed by atoms with E-state index in [1.54, 1.807) is 0 Å². The third kappa shape index (κ3) is 0.553. The Morgan fingerprint density at radius 1 is 1.60 bits per heavy atom. The topological polar surface area (TPSA) is 24.7 Å². The largest absolute Gasteiger partial charge is 0.192 e. The Balaban J connectivity index is 2.33. The van der Waals surface area contributed by atoms with Gasteiger partial charge in [0.15, 0.2) is 0 Å². The van der Waals surface area contributed by atoms with Crippen molar-refractivity contribution in [1.82, 2.24) is 0 Å². The monoisotopic (exact) mass is 134 g/mol. The molecule has 1 fully saturated rings. The summed E-state index contributed by atoms with van der Waals surface area (Å²) in [5, 5.41) is 8.13. The van der Waals surface area contributed by atoms with Crippen molar-refractivity contribution in [3.05, 3.63) is 0 Å². The van der Waals surface area contributed by atoms with Crippen molar-refractivity contribution >= 4 is 0 Å². The van der Waals surface area contributed by atoms with Crippen molar-refractivity contribution in [3.63, 3.8) is 0 Å². The van der Waals surface area contributed by atoms with Crippen molar-refractivity contribution in [2.45, 2.75) is 24.8 Å². The summed E-state index contributed by atoms with van der Waals surface area (Å²) in [5.41, 5.74) is -0.167. The second-order valence-electron chi connectivity index (χ2n) is 3.08. The molecule has 2 aliphatic rings. The minimum Gasteiger partial charge on any atom is -0.192 e. The van der Waals surface area contributed by atoms with Gasteiger partial charge < -0.3 is 0 Å². The standard InChI is InChI=1S/C8H10N2/c1-2-8-5-3-4-7(8)6-9-10-8/h1,7H,3-6H2. The number of nitrogens with zero attached hydrogens (tertiary/aromatic N) is 2. The van der Waals surface area contributed by atoms with Crippen molar-refractivity contribution in [3.8, 4) is 12.3 Å². The zero-order chi connectivity index (χ0) is 7.03. The Hall–Kier alpha value is -0.840. The van der Waals surface area contributed by atoms with Crippen molar-refractivity contribution in [2.75, 3.05) is 6.54 Å². The summed E-state index contributed by atoms with van der Waals surface area (Å²) in [6, 6.07) is 0. The molecule has 2 unspecified atom stereocenters. The average Bonchev–Trinajstić information content (AvgIpc) is 2.42. The van der Waals surface area contributed by atoms with Crippen LogP contribution >= 0.6 is 0 Å². The van der Waals surface area contributed by atoms with Gasteiger partial charge in [-0.25, -0.2) is 0 Å². The fourth-order valence-corrected chi connectivity index (χ4v) is 1.92. The minimum absolute atomic E-state index is 0.167. The molecule has 1 saturated carbocycles. The van der Waals surface area contributed by atoms with Gasteiger partial charge in [0.1, 0.15) is 5.54 Å². The maximum atomic E-state index is 5.41. The number of rotatable bonds is 0. The van der Waals surface area contributed by atoms with Gasteiger partial charge in [0.05, 0.1) is 6.54 Å². The lowest BCUT2D eigenvalue weighted by Gasteiger charge is -2.15. The van der Waals surface area contributed by atoms with Gasteiger partial charge in [-0.3, -0.25) is 0 Å². The fourth-order valence-electron chi connectivity index (χ4n) is 1.92. The Morgan fingerprint density at radius 3 is 3.20 bits per heavy atom. The Kier molecular flexibility index (Phi) is 1.08. The maximum absolute atomic E-state index is 5.41. The first-order chi connectivity index (χ1) is 4.87. The molecule has 2 atom stereocenters. The molecule has 0 aromatic heterocycles. The zero-order valence-corrected chi connectivity index (χ0v) is 5.88. The van der Waals surface area contributed by atoms with E-state index < -0.39 is 0 Å². The molecular formula is C8H10N2. The Bertz CT molecular complexity index is 214. The molecule has 1 aliphatic carbocycles. The Morgan fingerprint density at radius 2 is 2.50 bits per heavy atom. The number of fused-ring (bicyclic) bond motifs is 1. The second-order valence-corrected chi connectivity index (χ2v) is 3.08. The van der Waals surface area contributed by atoms with Gasteiger partial charge in [-0.2, -0.15) is 10.2 Å². The first-order valence-electron chi connectivity index (χ1n) is 3.74. The number of terminal acetylenes is 1. The van der Waals surface area contributed by atoms with Crippen LogP contribution in [0.5, 0.6) is 0 Å².